The Morgan fingerprint density at radius 3 is 2.61 bits per heavy atom. The molecule has 0 unspecified atom stereocenters. The summed E-state index contributed by atoms with van der Waals surface area (Å²) in [6.07, 6.45) is 4.57. The number of aromatic nitrogens is 5. The van der Waals surface area contributed by atoms with Gasteiger partial charge in [-0.15, -0.1) is 16.4 Å². The highest BCUT2D eigenvalue weighted by Gasteiger charge is 2.14. The van der Waals surface area contributed by atoms with Crippen LogP contribution in [0.3, 0.4) is 0 Å². The van der Waals surface area contributed by atoms with Gasteiger partial charge < -0.3 is 0 Å². The Balaban J connectivity index is 1.65. The van der Waals surface area contributed by atoms with E-state index < -0.39 is 19.7 Å². The first kappa shape index (κ1) is 21.1. The number of fused-ring (bicyclic) bond motifs is 1. The Morgan fingerprint density at radius 2 is 1.89 bits per heavy atom. The number of aryl methyl sites for hydroxylation is 1. The zero-order chi connectivity index (χ0) is 20.4. The molecule has 3 rings (SSSR count). The van der Waals surface area contributed by atoms with Gasteiger partial charge in [0.15, 0.2) is 14.2 Å². The first-order valence-corrected chi connectivity index (χ1v) is 13.9. The standard InChI is InChI=1S/C15H19N5O4S4/c1-27(21,22)9-5-3-4-8-20-14(17-18-19-20)26-15-16-12-7-6-11(28(2,23)24)10-13(12)25-15/h6-7,10H,3-5,8-9H2,1-2H3. The van der Waals surface area contributed by atoms with Crippen LogP contribution in [0.1, 0.15) is 19.3 Å². The Kier molecular flexibility index (Phi) is 6.37. The topological polar surface area (TPSA) is 125 Å². The van der Waals surface area contributed by atoms with E-state index >= 15 is 0 Å². The second-order valence-corrected chi connectivity index (χ2v) is 12.9. The summed E-state index contributed by atoms with van der Waals surface area (Å²) in [5.74, 6) is 0.186. The molecule has 2 aromatic heterocycles. The third-order valence-corrected chi connectivity index (χ3v) is 8.03. The molecule has 0 aliphatic rings. The number of hydrogen-bond donors (Lipinski definition) is 0. The Morgan fingerprint density at radius 1 is 1.11 bits per heavy atom. The van der Waals surface area contributed by atoms with Gasteiger partial charge in [0.2, 0.25) is 5.16 Å². The summed E-state index contributed by atoms with van der Waals surface area (Å²) >= 11 is 2.70. The Labute approximate surface area is 171 Å². The number of benzene rings is 1. The molecular formula is C15H19N5O4S4. The number of thiazole rings is 1. The van der Waals surface area contributed by atoms with Crippen molar-refractivity contribution < 1.29 is 16.8 Å². The van der Waals surface area contributed by atoms with E-state index in [1.807, 2.05) is 0 Å². The second-order valence-electron chi connectivity index (χ2n) is 6.36. The van der Waals surface area contributed by atoms with Crippen LogP contribution in [0.25, 0.3) is 10.2 Å². The largest absolute Gasteiger partial charge is 0.229 e. The van der Waals surface area contributed by atoms with Crippen LogP contribution in [0.5, 0.6) is 0 Å². The van der Waals surface area contributed by atoms with Crippen molar-refractivity contribution in [2.45, 2.75) is 40.2 Å². The third kappa shape index (κ3) is 5.72. The normalized spacial score (nSPS) is 12.6. The molecular weight excluding hydrogens is 442 g/mol. The lowest BCUT2D eigenvalue weighted by Gasteiger charge is -2.03. The highest BCUT2D eigenvalue weighted by atomic mass is 32.2. The lowest BCUT2D eigenvalue weighted by atomic mass is 10.2. The van der Waals surface area contributed by atoms with E-state index in [9.17, 15) is 16.8 Å². The van der Waals surface area contributed by atoms with Crippen LogP contribution in [0.4, 0.5) is 0 Å². The minimum atomic E-state index is -3.27. The Hall–Kier alpha value is -1.57. The van der Waals surface area contributed by atoms with E-state index in [1.54, 1.807) is 22.9 Å². The maximum absolute atomic E-state index is 11.7. The summed E-state index contributed by atoms with van der Waals surface area (Å²) in [6, 6.07) is 4.86. The molecule has 0 fully saturated rings. The van der Waals surface area contributed by atoms with Crippen molar-refractivity contribution in [1.82, 2.24) is 25.2 Å². The number of tetrazole rings is 1. The molecule has 0 saturated carbocycles. The average Bonchev–Trinajstić information content (AvgIpc) is 3.18. The number of rotatable bonds is 9. The summed E-state index contributed by atoms with van der Waals surface area (Å²) in [5, 5.41) is 12.3. The van der Waals surface area contributed by atoms with Gasteiger partial charge in [-0.1, -0.05) is 6.42 Å². The fraction of sp³-hybridized carbons (Fsp3) is 0.467. The molecule has 28 heavy (non-hydrogen) atoms. The maximum Gasteiger partial charge on any atom is 0.216 e. The van der Waals surface area contributed by atoms with Gasteiger partial charge in [-0.2, -0.15) is 0 Å². The SMILES string of the molecule is CS(=O)(=O)CCCCCn1nnnc1Sc1nc2ccc(S(C)(=O)=O)cc2s1. The fourth-order valence-corrected chi connectivity index (χ4v) is 5.91. The number of hydrogen-bond acceptors (Lipinski definition) is 10. The van der Waals surface area contributed by atoms with Crippen LogP contribution in [0.15, 0.2) is 32.6 Å². The molecule has 0 aliphatic heterocycles. The van der Waals surface area contributed by atoms with Gasteiger partial charge in [0, 0.05) is 24.8 Å². The number of sulfone groups is 2. The molecule has 0 radical (unpaired) electrons. The first-order chi connectivity index (χ1) is 13.1. The van der Waals surface area contributed by atoms with Crippen LogP contribution >= 0.6 is 23.1 Å². The van der Waals surface area contributed by atoms with Gasteiger partial charge in [-0.05, 0) is 53.2 Å². The van der Waals surface area contributed by atoms with E-state index in [0.29, 0.717) is 22.5 Å². The van der Waals surface area contributed by atoms with Crippen LogP contribution < -0.4 is 0 Å². The minimum Gasteiger partial charge on any atom is -0.229 e. The van der Waals surface area contributed by atoms with E-state index in [2.05, 4.69) is 20.5 Å². The molecule has 9 nitrogen and oxygen atoms in total. The minimum absolute atomic E-state index is 0.186. The smallest absolute Gasteiger partial charge is 0.216 e. The Bertz CT molecular complexity index is 1180. The zero-order valence-electron chi connectivity index (χ0n) is 15.3. The molecule has 0 N–H and O–H groups in total. The van der Waals surface area contributed by atoms with Gasteiger partial charge in [0.1, 0.15) is 9.84 Å². The summed E-state index contributed by atoms with van der Waals surface area (Å²) in [7, 11) is -6.20. The molecule has 0 atom stereocenters. The number of nitrogens with zero attached hydrogens (tertiary/aromatic N) is 5. The highest BCUT2D eigenvalue weighted by molar-refractivity contribution is 8.01. The second kappa shape index (κ2) is 8.43. The quantitative estimate of drug-likeness (QED) is 0.440. The molecule has 0 amide bonds. The average molecular weight is 462 g/mol. The van der Waals surface area contributed by atoms with Crippen LogP contribution in [0.2, 0.25) is 0 Å². The lowest BCUT2D eigenvalue weighted by molar-refractivity contribution is 0.505. The monoisotopic (exact) mass is 461 g/mol. The van der Waals surface area contributed by atoms with Crippen molar-refractivity contribution in [3.8, 4) is 0 Å². The molecule has 0 bridgehead atoms. The molecule has 2 heterocycles. The van der Waals surface area contributed by atoms with Crippen molar-refractivity contribution >= 4 is 53.0 Å². The van der Waals surface area contributed by atoms with Gasteiger partial charge >= 0.3 is 0 Å². The molecule has 0 saturated heterocycles. The van der Waals surface area contributed by atoms with E-state index in [-0.39, 0.29) is 10.6 Å². The predicted molar refractivity (Wildman–Crippen MR) is 108 cm³/mol. The van der Waals surface area contributed by atoms with Crippen molar-refractivity contribution in [1.29, 1.82) is 0 Å². The molecule has 3 aromatic rings. The van der Waals surface area contributed by atoms with Crippen molar-refractivity contribution in [2.75, 3.05) is 18.3 Å². The van der Waals surface area contributed by atoms with Gasteiger partial charge in [-0.3, -0.25) is 0 Å². The maximum atomic E-state index is 11.7. The highest BCUT2D eigenvalue weighted by Crippen LogP contribution is 2.34. The number of unbranched alkanes of at least 4 members (excludes halogenated alkanes) is 2. The molecule has 0 aliphatic carbocycles. The molecule has 1 aromatic carbocycles. The third-order valence-electron chi connectivity index (χ3n) is 3.83. The summed E-state index contributed by atoms with van der Waals surface area (Å²) in [6.45, 7) is 0.586. The summed E-state index contributed by atoms with van der Waals surface area (Å²) < 4.78 is 48.9. The first-order valence-electron chi connectivity index (χ1n) is 8.34. The van der Waals surface area contributed by atoms with Gasteiger partial charge in [0.25, 0.3) is 0 Å². The van der Waals surface area contributed by atoms with E-state index in [4.69, 9.17) is 0 Å². The van der Waals surface area contributed by atoms with Crippen LogP contribution in [-0.4, -0.2) is 60.3 Å². The van der Waals surface area contributed by atoms with Crippen LogP contribution in [-0.2, 0) is 26.2 Å². The van der Waals surface area contributed by atoms with Crippen molar-refractivity contribution in [3.63, 3.8) is 0 Å². The van der Waals surface area contributed by atoms with Crippen molar-refractivity contribution in [2.24, 2.45) is 0 Å². The lowest BCUT2D eigenvalue weighted by Crippen LogP contribution is -2.05. The van der Waals surface area contributed by atoms with E-state index in [1.165, 1.54) is 35.6 Å². The van der Waals surface area contributed by atoms with E-state index in [0.717, 1.165) is 23.1 Å². The predicted octanol–water partition coefficient (Wildman–Crippen LogP) is 2.05. The molecule has 152 valence electrons. The van der Waals surface area contributed by atoms with Crippen LogP contribution in [0, 0.1) is 0 Å². The summed E-state index contributed by atoms with van der Waals surface area (Å²) in [4.78, 5) is 4.76. The fourth-order valence-electron chi connectivity index (χ4n) is 2.45. The molecule has 13 heteroatoms. The summed E-state index contributed by atoms with van der Waals surface area (Å²) in [5.41, 5.74) is 0.722. The van der Waals surface area contributed by atoms with Gasteiger partial charge in [-0.25, -0.2) is 26.5 Å². The molecule has 0 spiro atoms. The van der Waals surface area contributed by atoms with Gasteiger partial charge in [0.05, 0.1) is 15.1 Å². The zero-order valence-corrected chi connectivity index (χ0v) is 18.5. The van der Waals surface area contributed by atoms with Crippen molar-refractivity contribution in [3.05, 3.63) is 18.2 Å².